The van der Waals surface area contributed by atoms with Gasteiger partial charge in [-0.05, 0) is 18.6 Å². The van der Waals surface area contributed by atoms with Crippen molar-refractivity contribution in [3.63, 3.8) is 0 Å². The fourth-order valence-corrected chi connectivity index (χ4v) is 2.07. The third-order valence-corrected chi connectivity index (χ3v) is 3.40. The number of hydrogen-bond acceptors (Lipinski definition) is 2. The van der Waals surface area contributed by atoms with Gasteiger partial charge in [-0.15, -0.1) is 0 Å². The van der Waals surface area contributed by atoms with Gasteiger partial charge >= 0.3 is 0 Å². The molecule has 0 heterocycles. The molecule has 106 valence electrons. The fraction of sp³-hybridized carbons (Fsp3) is 0.462. The molecule has 0 aliphatic rings. The minimum absolute atomic E-state index is 0.123. The van der Waals surface area contributed by atoms with Crippen molar-refractivity contribution in [2.24, 2.45) is 0 Å². The molecule has 1 aromatic rings. The normalized spacial score (nSPS) is 12.2. The summed E-state index contributed by atoms with van der Waals surface area (Å²) in [6, 6.07) is 3.42. The largest absolute Gasteiger partial charge is 0.385 e. The number of rotatable bonds is 7. The average Bonchev–Trinajstić information content (AvgIpc) is 2.39. The molecule has 6 heteroatoms. The van der Waals surface area contributed by atoms with Crippen molar-refractivity contribution in [3.05, 3.63) is 35.4 Å². The van der Waals surface area contributed by atoms with E-state index >= 15 is 0 Å². The van der Waals surface area contributed by atoms with Crippen molar-refractivity contribution in [3.8, 4) is 0 Å². The summed E-state index contributed by atoms with van der Waals surface area (Å²) in [5.74, 6) is -1.82. The second-order valence-corrected chi connectivity index (χ2v) is 4.72. The standard InChI is InChI=1S/C13H16BrF2NO2/c1-19-6-5-9(8-14)17-13(18)7-10-11(15)3-2-4-12(10)16/h2-4,9H,5-8H2,1H3,(H,17,18). The monoisotopic (exact) mass is 335 g/mol. The van der Waals surface area contributed by atoms with Crippen LogP contribution in [0.3, 0.4) is 0 Å². The molecule has 0 radical (unpaired) electrons. The van der Waals surface area contributed by atoms with Gasteiger partial charge in [0.2, 0.25) is 5.91 Å². The average molecular weight is 336 g/mol. The number of hydrogen-bond donors (Lipinski definition) is 1. The Morgan fingerprint density at radius 1 is 1.42 bits per heavy atom. The van der Waals surface area contributed by atoms with Crippen LogP contribution in [-0.2, 0) is 16.0 Å². The van der Waals surface area contributed by atoms with Crippen LogP contribution in [0.4, 0.5) is 8.78 Å². The summed E-state index contributed by atoms with van der Waals surface area (Å²) in [6.07, 6.45) is 0.322. The number of carbonyl (C=O) groups excluding carboxylic acids is 1. The van der Waals surface area contributed by atoms with E-state index in [-0.39, 0.29) is 18.0 Å². The van der Waals surface area contributed by atoms with Gasteiger partial charge in [0.05, 0.1) is 6.42 Å². The molecule has 19 heavy (non-hydrogen) atoms. The minimum Gasteiger partial charge on any atom is -0.385 e. The van der Waals surface area contributed by atoms with Crippen LogP contribution < -0.4 is 5.32 Å². The molecular weight excluding hydrogens is 320 g/mol. The Morgan fingerprint density at radius 2 is 2.05 bits per heavy atom. The van der Waals surface area contributed by atoms with Gasteiger partial charge < -0.3 is 10.1 Å². The molecule has 0 bridgehead atoms. The number of halogens is 3. The van der Waals surface area contributed by atoms with Crippen molar-refractivity contribution in [2.45, 2.75) is 18.9 Å². The van der Waals surface area contributed by atoms with Crippen molar-refractivity contribution in [1.29, 1.82) is 0 Å². The molecule has 1 aromatic carbocycles. The van der Waals surface area contributed by atoms with Gasteiger partial charge in [-0.1, -0.05) is 22.0 Å². The molecule has 1 rings (SSSR count). The Kier molecular flexibility index (Phi) is 6.94. The summed E-state index contributed by atoms with van der Waals surface area (Å²) in [4.78, 5) is 11.7. The minimum atomic E-state index is -0.706. The Hall–Kier alpha value is -1.01. The Balaban J connectivity index is 2.59. The van der Waals surface area contributed by atoms with Crippen LogP contribution in [0.2, 0.25) is 0 Å². The number of ether oxygens (including phenoxy) is 1. The van der Waals surface area contributed by atoms with Crippen LogP contribution in [-0.4, -0.2) is 31.0 Å². The van der Waals surface area contributed by atoms with Crippen LogP contribution in [0.1, 0.15) is 12.0 Å². The van der Waals surface area contributed by atoms with Crippen molar-refractivity contribution < 1.29 is 18.3 Å². The van der Waals surface area contributed by atoms with Gasteiger partial charge in [0.1, 0.15) is 11.6 Å². The molecule has 0 saturated carbocycles. The lowest BCUT2D eigenvalue weighted by molar-refractivity contribution is -0.121. The van der Waals surface area contributed by atoms with Gasteiger partial charge in [0.15, 0.2) is 0 Å². The number of alkyl halides is 1. The van der Waals surface area contributed by atoms with E-state index in [1.54, 1.807) is 7.11 Å². The SMILES string of the molecule is COCCC(CBr)NC(=O)Cc1c(F)cccc1F. The molecule has 0 spiro atoms. The molecule has 0 aliphatic carbocycles. The predicted molar refractivity (Wildman–Crippen MR) is 72.3 cm³/mol. The van der Waals surface area contributed by atoms with Crippen molar-refractivity contribution in [2.75, 3.05) is 19.0 Å². The fourth-order valence-electron chi connectivity index (χ4n) is 1.59. The number of nitrogens with one attached hydrogen (secondary N) is 1. The molecule has 1 amide bonds. The first kappa shape index (κ1) is 16.0. The van der Waals surface area contributed by atoms with E-state index < -0.39 is 17.5 Å². The quantitative estimate of drug-likeness (QED) is 0.777. The van der Waals surface area contributed by atoms with Crippen molar-refractivity contribution in [1.82, 2.24) is 5.32 Å². The first-order valence-corrected chi connectivity index (χ1v) is 6.97. The van der Waals surface area contributed by atoms with Crippen LogP contribution in [0.15, 0.2) is 18.2 Å². The molecule has 1 unspecified atom stereocenters. The van der Waals surface area contributed by atoms with Gasteiger partial charge in [-0.2, -0.15) is 0 Å². The lowest BCUT2D eigenvalue weighted by Gasteiger charge is -2.16. The summed E-state index contributed by atoms with van der Waals surface area (Å²) < 4.78 is 31.7. The molecule has 0 saturated heterocycles. The van der Waals surface area contributed by atoms with Crippen LogP contribution in [0.25, 0.3) is 0 Å². The highest BCUT2D eigenvalue weighted by atomic mass is 79.9. The molecule has 0 aromatic heterocycles. The Morgan fingerprint density at radius 3 is 2.58 bits per heavy atom. The first-order valence-electron chi connectivity index (χ1n) is 5.85. The maximum atomic E-state index is 13.4. The zero-order valence-electron chi connectivity index (χ0n) is 10.6. The molecule has 1 N–H and O–H groups in total. The van der Waals surface area contributed by atoms with E-state index in [0.29, 0.717) is 18.4 Å². The van der Waals surface area contributed by atoms with E-state index in [1.807, 2.05) is 0 Å². The number of methoxy groups -OCH3 is 1. The highest BCUT2D eigenvalue weighted by Gasteiger charge is 2.15. The number of amides is 1. The molecule has 3 nitrogen and oxygen atoms in total. The molecular formula is C13H16BrF2NO2. The maximum absolute atomic E-state index is 13.4. The Labute approximate surface area is 119 Å². The van der Waals surface area contributed by atoms with E-state index in [2.05, 4.69) is 21.2 Å². The summed E-state index contributed by atoms with van der Waals surface area (Å²) >= 11 is 3.27. The van der Waals surface area contributed by atoms with E-state index in [4.69, 9.17) is 4.74 Å². The summed E-state index contributed by atoms with van der Waals surface area (Å²) in [5, 5.41) is 3.26. The predicted octanol–water partition coefficient (Wildman–Crippen LogP) is 2.42. The number of carbonyl (C=O) groups is 1. The summed E-state index contributed by atoms with van der Waals surface area (Å²) in [6.45, 7) is 0.505. The lowest BCUT2D eigenvalue weighted by Crippen LogP contribution is -2.38. The second kappa shape index (κ2) is 8.22. The molecule has 0 fully saturated rings. The second-order valence-electron chi connectivity index (χ2n) is 4.08. The highest BCUT2D eigenvalue weighted by Crippen LogP contribution is 2.12. The summed E-state index contributed by atoms with van der Waals surface area (Å²) in [7, 11) is 1.57. The molecule has 1 atom stereocenters. The van der Waals surface area contributed by atoms with Gasteiger partial charge in [-0.3, -0.25) is 4.79 Å². The van der Waals surface area contributed by atoms with Crippen LogP contribution in [0.5, 0.6) is 0 Å². The summed E-state index contributed by atoms with van der Waals surface area (Å²) in [5.41, 5.74) is -0.208. The van der Waals surface area contributed by atoms with Crippen molar-refractivity contribution >= 4 is 21.8 Å². The van der Waals surface area contributed by atoms with Crippen LogP contribution in [0, 0.1) is 11.6 Å². The number of benzene rings is 1. The topological polar surface area (TPSA) is 38.3 Å². The smallest absolute Gasteiger partial charge is 0.224 e. The van der Waals surface area contributed by atoms with E-state index in [0.717, 1.165) is 12.1 Å². The third-order valence-electron chi connectivity index (χ3n) is 2.62. The highest BCUT2D eigenvalue weighted by molar-refractivity contribution is 9.09. The maximum Gasteiger partial charge on any atom is 0.224 e. The third kappa shape index (κ3) is 5.24. The zero-order valence-corrected chi connectivity index (χ0v) is 12.2. The zero-order chi connectivity index (χ0) is 14.3. The first-order chi connectivity index (χ1) is 9.08. The lowest BCUT2D eigenvalue weighted by atomic mass is 10.1. The van der Waals surface area contributed by atoms with E-state index in [1.165, 1.54) is 6.07 Å². The van der Waals surface area contributed by atoms with Gasteiger partial charge in [0, 0.05) is 30.7 Å². The van der Waals surface area contributed by atoms with Gasteiger partial charge in [-0.25, -0.2) is 8.78 Å². The Bertz CT molecular complexity index is 409. The van der Waals surface area contributed by atoms with Crippen LogP contribution >= 0.6 is 15.9 Å². The molecule has 0 aliphatic heterocycles. The van der Waals surface area contributed by atoms with Gasteiger partial charge in [0.25, 0.3) is 0 Å². The van der Waals surface area contributed by atoms with E-state index in [9.17, 15) is 13.6 Å².